The number of benzene rings is 2. The largest absolute Gasteiger partial charge is 0.478 e. The van der Waals surface area contributed by atoms with Crippen LogP contribution in [0.3, 0.4) is 0 Å². The van der Waals surface area contributed by atoms with Crippen LogP contribution in [-0.4, -0.2) is 17.0 Å². The van der Waals surface area contributed by atoms with Crippen molar-refractivity contribution in [3.63, 3.8) is 0 Å². The van der Waals surface area contributed by atoms with Gasteiger partial charge < -0.3 is 10.4 Å². The van der Waals surface area contributed by atoms with Gasteiger partial charge in [0.2, 0.25) is 5.91 Å². The Morgan fingerprint density at radius 1 is 1.18 bits per heavy atom. The van der Waals surface area contributed by atoms with Crippen molar-refractivity contribution in [3.05, 3.63) is 69.2 Å². The Kier molecular flexibility index (Phi) is 5.35. The molecule has 0 heterocycles. The number of rotatable bonds is 4. The number of carboxylic acid groups (broad SMARTS) is 1. The number of carboxylic acids is 1. The van der Waals surface area contributed by atoms with Crippen molar-refractivity contribution in [2.45, 2.75) is 0 Å². The Bertz CT molecular complexity index is 759. The van der Waals surface area contributed by atoms with Gasteiger partial charge in [-0.2, -0.15) is 0 Å². The molecule has 0 unspecified atom stereocenters. The maximum Gasteiger partial charge on any atom is 0.337 e. The molecule has 0 atom stereocenters. The van der Waals surface area contributed by atoms with Gasteiger partial charge in [-0.15, -0.1) is 0 Å². The molecule has 2 N–H and O–H groups in total. The quantitative estimate of drug-likeness (QED) is 0.770. The molecule has 0 bridgehead atoms. The van der Waals surface area contributed by atoms with Gasteiger partial charge in [0.05, 0.1) is 11.3 Å². The van der Waals surface area contributed by atoms with Crippen molar-refractivity contribution in [2.24, 2.45) is 0 Å². The van der Waals surface area contributed by atoms with Crippen molar-refractivity contribution < 1.29 is 14.7 Å². The van der Waals surface area contributed by atoms with Gasteiger partial charge in [0.15, 0.2) is 0 Å². The highest BCUT2D eigenvalue weighted by Gasteiger charge is 2.11. The first kappa shape index (κ1) is 16.3. The summed E-state index contributed by atoms with van der Waals surface area (Å²) >= 11 is 9.21. The lowest BCUT2D eigenvalue weighted by molar-refractivity contribution is -0.111. The summed E-state index contributed by atoms with van der Waals surface area (Å²) < 4.78 is 0.855. The van der Waals surface area contributed by atoms with Crippen LogP contribution < -0.4 is 5.32 Å². The number of aromatic carboxylic acids is 1. The topological polar surface area (TPSA) is 66.4 Å². The second-order valence-corrected chi connectivity index (χ2v) is 5.63. The van der Waals surface area contributed by atoms with E-state index < -0.39 is 11.9 Å². The summed E-state index contributed by atoms with van der Waals surface area (Å²) in [6.45, 7) is 0. The average molecular weight is 381 g/mol. The summed E-state index contributed by atoms with van der Waals surface area (Å²) in [6.07, 6.45) is 2.96. The zero-order chi connectivity index (χ0) is 16.1. The highest BCUT2D eigenvalue weighted by atomic mass is 79.9. The second kappa shape index (κ2) is 7.24. The number of hydrogen-bond acceptors (Lipinski definition) is 2. The Morgan fingerprint density at radius 2 is 1.91 bits per heavy atom. The number of carbonyl (C=O) groups excluding carboxylic acids is 1. The minimum absolute atomic E-state index is 0.0213. The highest BCUT2D eigenvalue weighted by molar-refractivity contribution is 9.10. The number of halogens is 2. The van der Waals surface area contributed by atoms with Crippen LogP contribution in [0.2, 0.25) is 5.02 Å². The fourth-order valence-corrected chi connectivity index (χ4v) is 2.35. The molecule has 0 fully saturated rings. The fourth-order valence-electron chi connectivity index (χ4n) is 1.76. The SMILES string of the molecule is O=C(/C=C/c1ccccc1Br)Nc1cc(Cl)ccc1C(=O)O. The second-order valence-electron chi connectivity index (χ2n) is 4.34. The summed E-state index contributed by atoms with van der Waals surface area (Å²) in [5.74, 6) is -1.58. The molecular weight excluding hydrogens is 370 g/mol. The normalized spacial score (nSPS) is 10.6. The molecule has 0 aromatic heterocycles. The lowest BCUT2D eigenvalue weighted by atomic mass is 10.1. The maximum atomic E-state index is 11.9. The van der Waals surface area contributed by atoms with Gasteiger partial charge >= 0.3 is 5.97 Å². The van der Waals surface area contributed by atoms with Crippen LogP contribution in [0.1, 0.15) is 15.9 Å². The zero-order valence-corrected chi connectivity index (χ0v) is 13.6. The van der Waals surface area contributed by atoms with E-state index in [1.807, 2.05) is 24.3 Å². The molecule has 0 saturated heterocycles. The zero-order valence-electron chi connectivity index (χ0n) is 11.2. The first-order valence-corrected chi connectivity index (χ1v) is 7.41. The van der Waals surface area contributed by atoms with Crippen LogP contribution >= 0.6 is 27.5 Å². The van der Waals surface area contributed by atoms with E-state index in [1.165, 1.54) is 24.3 Å². The third-order valence-corrected chi connectivity index (χ3v) is 3.75. The summed E-state index contributed by atoms with van der Waals surface area (Å²) in [7, 11) is 0. The van der Waals surface area contributed by atoms with Gasteiger partial charge in [0.25, 0.3) is 0 Å². The van der Waals surface area contributed by atoms with Crippen LogP contribution in [0, 0.1) is 0 Å². The number of anilines is 1. The van der Waals surface area contributed by atoms with Gasteiger partial charge in [0, 0.05) is 15.6 Å². The molecule has 2 rings (SSSR count). The van der Waals surface area contributed by atoms with Crippen molar-refractivity contribution >= 4 is 51.2 Å². The molecule has 112 valence electrons. The van der Waals surface area contributed by atoms with Crippen LogP contribution in [0.15, 0.2) is 53.0 Å². The van der Waals surface area contributed by atoms with Crippen molar-refractivity contribution in [2.75, 3.05) is 5.32 Å². The van der Waals surface area contributed by atoms with Gasteiger partial charge in [-0.3, -0.25) is 4.79 Å². The lowest BCUT2D eigenvalue weighted by Gasteiger charge is -2.07. The van der Waals surface area contributed by atoms with Crippen LogP contribution in [0.5, 0.6) is 0 Å². The lowest BCUT2D eigenvalue weighted by Crippen LogP contribution is -2.12. The molecular formula is C16H11BrClNO3. The predicted octanol–water partition coefficient (Wildman–Crippen LogP) is 4.45. The monoisotopic (exact) mass is 379 g/mol. The predicted molar refractivity (Wildman–Crippen MR) is 90.2 cm³/mol. The number of nitrogens with one attached hydrogen (secondary N) is 1. The van der Waals surface area contributed by atoms with E-state index in [0.717, 1.165) is 10.0 Å². The van der Waals surface area contributed by atoms with Crippen molar-refractivity contribution in [3.8, 4) is 0 Å². The Labute approximate surface area is 140 Å². The Hall–Kier alpha value is -2.11. The van der Waals surface area contributed by atoms with Crippen molar-refractivity contribution in [1.29, 1.82) is 0 Å². The van der Waals surface area contributed by atoms with E-state index in [4.69, 9.17) is 16.7 Å². The molecule has 0 radical (unpaired) electrons. The average Bonchev–Trinajstić information content (AvgIpc) is 2.46. The smallest absolute Gasteiger partial charge is 0.337 e. The van der Waals surface area contributed by atoms with E-state index in [-0.39, 0.29) is 11.3 Å². The summed E-state index contributed by atoms with van der Waals surface area (Å²) in [4.78, 5) is 23.1. The molecule has 6 heteroatoms. The number of carbonyl (C=O) groups is 2. The van der Waals surface area contributed by atoms with Crippen molar-refractivity contribution in [1.82, 2.24) is 0 Å². The Morgan fingerprint density at radius 3 is 2.59 bits per heavy atom. The molecule has 0 aliphatic heterocycles. The molecule has 22 heavy (non-hydrogen) atoms. The molecule has 4 nitrogen and oxygen atoms in total. The van der Waals surface area contributed by atoms with Gasteiger partial charge in [0.1, 0.15) is 0 Å². The minimum Gasteiger partial charge on any atom is -0.478 e. The summed E-state index contributed by atoms with van der Waals surface area (Å²) in [5, 5.41) is 12.0. The highest BCUT2D eigenvalue weighted by Crippen LogP contribution is 2.21. The Balaban J connectivity index is 2.18. The van der Waals surface area contributed by atoms with E-state index >= 15 is 0 Å². The van der Waals surface area contributed by atoms with E-state index in [2.05, 4.69) is 21.2 Å². The minimum atomic E-state index is -1.14. The van der Waals surface area contributed by atoms with Crippen LogP contribution in [-0.2, 0) is 4.79 Å². The number of amides is 1. The first-order chi connectivity index (χ1) is 10.5. The van der Waals surface area contributed by atoms with E-state index in [0.29, 0.717) is 5.02 Å². The molecule has 0 aliphatic rings. The molecule has 0 aliphatic carbocycles. The molecule has 1 amide bonds. The molecule has 2 aromatic rings. The summed E-state index contributed by atoms with van der Waals surface area (Å²) in [5.41, 5.74) is 0.969. The molecule has 2 aromatic carbocycles. The standard InChI is InChI=1S/C16H11BrClNO3/c17-13-4-2-1-3-10(13)5-8-15(20)19-14-9-11(18)6-7-12(14)16(21)22/h1-9H,(H,19,20)(H,21,22)/b8-5+. The first-order valence-electron chi connectivity index (χ1n) is 6.24. The van der Waals surface area contributed by atoms with Crippen LogP contribution in [0.4, 0.5) is 5.69 Å². The van der Waals surface area contributed by atoms with Gasteiger partial charge in [-0.05, 0) is 35.9 Å². The fraction of sp³-hybridized carbons (Fsp3) is 0. The van der Waals surface area contributed by atoms with E-state index in [1.54, 1.807) is 6.08 Å². The molecule has 0 spiro atoms. The third kappa shape index (κ3) is 4.19. The molecule has 0 saturated carbocycles. The summed E-state index contributed by atoms with van der Waals surface area (Å²) in [6, 6.07) is 11.6. The van der Waals surface area contributed by atoms with Crippen LogP contribution in [0.25, 0.3) is 6.08 Å². The maximum absolute atomic E-state index is 11.9. The van der Waals surface area contributed by atoms with Gasteiger partial charge in [-0.1, -0.05) is 45.7 Å². The van der Waals surface area contributed by atoms with Gasteiger partial charge in [-0.25, -0.2) is 4.79 Å². The number of hydrogen-bond donors (Lipinski definition) is 2. The third-order valence-electron chi connectivity index (χ3n) is 2.79. The van der Waals surface area contributed by atoms with E-state index in [9.17, 15) is 9.59 Å².